The van der Waals surface area contributed by atoms with Crippen molar-refractivity contribution in [2.75, 3.05) is 54.1 Å². The number of methoxy groups -OCH3 is 1. The summed E-state index contributed by atoms with van der Waals surface area (Å²) in [6, 6.07) is 8.13. The van der Waals surface area contributed by atoms with E-state index in [2.05, 4.69) is 53.7 Å². The van der Waals surface area contributed by atoms with Crippen LogP contribution >= 0.6 is 24.0 Å². The zero-order valence-electron chi connectivity index (χ0n) is 15.9. The molecular formula is C18H33IN4O2. The second-order valence-electron chi connectivity index (χ2n) is 5.76. The van der Waals surface area contributed by atoms with E-state index in [9.17, 15) is 0 Å². The number of aliphatic imine (C=N–C) groups is 1. The molecule has 0 radical (unpaired) electrons. The molecule has 1 aromatic rings. The van der Waals surface area contributed by atoms with Crippen molar-refractivity contribution in [3.63, 3.8) is 0 Å². The van der Waals surface area contributed by atoms with Gasteiger partial charge in [-0.3, -0.25) is 0 Å². The lowest BCUT2D eigenvalue weighted by Crippen LogP contribution is -2.38. The molecule has 6 nitrogen and oxygen atoms in total. The zero-order chi connectivity index (χ0) is 17.6. The van der Waals surface area contributed by atoms with E-state index in [0.29, 0.717) is 13.2 Å². The molecule has 0 aromatic heterocycles. The smallest absolute Gasteiger partial charge is 0.191 e. The van der Waals surface area contributed by atoms with E-state index in [-0.39, 0.29) is 24.0 Å². The van der Waals surface area contributed by atoms with Gasteiger partial charge in [0.15, 0.2) is 5.96 Å². The Morgan fingerprint density at radius 3 is 2.44 bits per heavy atom. The summed E-state index contributed by atoms with van der Waals surface area (Å²) in [7, 11) is 5.83. The fourth-order valence-corrected chi connectivity index (χ4v) is 2.05. The molecule has 0 heterocycles. The molecule has 0 unspecified atom stereocenters. The van der Waals surface area contributed by atoms with Crippen LogP contribution in [0.25, 0.3) is 0 Å². The second-order valence-corrected chi connectivity index (χ2v) is 5.76. The standard InChI is InChI=1S/C18H32N4O2.HI/c1-5-19-18(20-11-14-23-4)21-15-16-7-9-17(10-8-16)24-13-6-12-22(2)3;/h7-10H,5-6,11-15H2,1-4H3,(H2,19,20,21);1H. The van der Waals surface area contributed by atoms with Gasteiger partial charge in [-0.2, -0.15) is 0 Å². The van der Waals surface area contributed by atoms with Crippen molar-refractivity contribution in [1.29, 1.82) is 0 Å². The van der Waals surface area contributed by atoms with Gasteiger partial charge in [-0.1, -0.05) is 12.1 Å². The van der Waals surface area contributed by atoms with Crippen LogP contribution in [0.3, 0.4) is 0 Å². The summed E-state index contributed by atoms with van der Waals surface area (Å²) in [5.74, 6) is 1.71. The van der Waals surface area contributed by atoms with E-state index in [4.69, 9.17) is 9.47 Å². The van der Waals surface area contributed by atoms with E-state index in [1.807, 2.05) is 12.1 Å². The van der Waals surface area contributed by atoms with Crippen LogP contribution < -0.4 is 15.4 Å². The molecule has 25 heavy (non-hydrogen) atoms. The Morgan fingerprint density at radius 2 is 1.84 bits per heavy atom. The molecule has 0 fully saturated rings. The lowest BCUT2D eigenvalue weighted by Gasteiger charge is -2.11. The SMILES string of the molecule is CCNC(=NCc1ccc(OCCCN(C)C)cc1)NCCOC.I. The maximum atomic E-state index is 5.74. The van der Waals surface area contributed by atoms with Gasteiger partial charge < -0.3 is 25.0 Å². The van der Waals surface area contributed by atoms with Gasteiger partial charge in [0, 0.05) is 26.7 Å². The largest absolute Gasteiger partial charge is 0.494 e. The molecule has 0 bridgehead atoms. The third-order valence-corrected chi connectivity index (χ3v) is 3.30. The predicted molar refractivity (Wildman–Crippen MR) is 115 cm³/mol. The third-order valence-electron chi connectivity index (χ3n) is 3.30. The van der Waals surface area contributed by atoms with Crippen molar-refractivity contribution in [2.45, 2.75) is 19.9 Å². The van der Waals surface area contributed by atoms with Crippen LogP contribution in [0, 0.1) is 0 Å². The van der Waals surface area contributed by atoms with Crippen molar-refractivity contribution in [2.24, 2.45) is 4.99 Å². The Morgan fingerprint density at radius 1 is 1.12 bits per heavy atom. The number of nitrogens with zero attached hydrogens (tertiary/aromatic N) is 2. The Labute approximate surface area is 169 Å². The first-order chi connectivity index (χ1) is 11.7. The van der Waals surface area contributed by atoms with Crippen LogP contribution in [0.1, 0.15) is 18.9 Å². The van der Waals surface area contributed by atoms with Crippen molar-refractivity contribution in [3.8, 4) is 5.75 Å². The maximum absolute atomic E-state index is 5.74. The number of nitrogens with one attached hydrogen (secondary N) is 2. The summed E-state index contributed by atoms with van der Waals surface area (Å²) in [5.41, 5.74) is 1.15. The lowest BCUT2D eigenvalue weighted by atomic mass is 10.2. The molecule has 144 valence electrons. The third kappa shape index (κ3) is 12.0. The minimum Gasteiger partial charge on any atom is -0.494 e. The molecule has 1 rings (SSSR count). The minimum absolute atomic E-state index is 0. The lowest BCUT2D eigenvalue weighted by molar-refractivity contribution is 0.203. The van der Waals surface area contributed by atoms with Gasteiger partial charge in [0.05, 0.1) is 19.8 Å². The second kappa shape index (κ2) is 15.2. The summed E-state index contributed by atoms with van der Waals surface area (Å²) in [6.07, 6.45) is 1.03. The summed E-state index contributed by atoms with van der Waals surface area (Å²) < 4.78 is 10.8. The number of hydrogen-bond acceptors (Lipinski definition) is 4. The number of halogens is 1. The Kier molecular flexibility index (Phi) is 14.6. The maximum Gasteiger partial charge on any atom is 0.191 e. The van der Waals surface area contributed by atoms with E-state index in [0.717, 1.165) is 49.9 Å². The normalized spacial score (nSPS) is 11.2. The highest BCUT2D eigenvalue weighted by atomic mass is 127. The number of benzene rings is 1. The van der Waals surface area contributed by atoms with E-state index >= 15 is 0 Å². The predicted octanol–water partition coefficient (Wildman–Crippen LogP) is 2.34. The first-order valence-corrected chi connectivity index (χ1v) is 8.53. The summed E-state index contributed by atoms with van der Waals surface area (Å²) in [4.78, 5) is 6.73. The van der Waals surface area contributed by atoms with E-state index in [1.165, 1.54) is 0 Å². The first kappa shape index (κ1) is 23.9. The molecule has 0 saturated carbocycles. The zero-order valence-corrected chi connectivity index (χ0v) is 18.2. The molecule has 0 aliphatic carbocycles. The highest BCUT2D eigenvalue weighted by Gasteiger charge is 1.99. The van der Waals surface area contributed by atoms with Crippen LogP contribution in [-0.2, 0) is 11.3 Å². The first-order valence-electron chi connectivity index (χ1n) is 8.53. The van der Waals surface area contributed by atoms with Gasteiger partial charge in [-0.15, -0.1) is 24.0 Å². The average Bonchev–Trinajstić information content (AvgIpc) is 2.57. The Hall–Kier alpha value is -1.06. The van der Waals surface area contributed by atoms with Gasteiger partial charge >= 0.3 is 0 Å². The highest BCUT2D eigenvalue weighted by Crippen LogP contribution is 2.13. The van der Waals surface area contributed by atoms with Crippen LogP contribution in [-0.4, -0.2) is 64.9 Å². The number of rotatable bonds is 11. The van der Waals surface area contributed by atoms with Crippen LogP contribution in [0.4, 0.5) is 0 Å². The quantitative estimate of drug-likeness (QED) is 0.228. The van der Waals surface area contributed by atoms with E-state index < -0.39 is 0 Å². The van der Waals surface area contributed by atoms with Crippen molar-refractivity contribution < 1.29 is 9.47 Å². The summed E-state index contributed by atoms with van der Waals surface area (Å²) in [6.45, 7) is 6.68. The van der Waals surface area contributed by atoms with Crippen LogP contribution in [0.5, 0.6) is 5.75 Å². The fraction of sp³-hybridized carbons (Fsp3) is 0.611. The highest BCUT2D eigenvalue weighted by molar-refractivity contribution is 14.0. The Bertz CT molecular complexity index is 467. The molecule has 0 spiro atoms. The monoisotopic (exact) mass is 464 g/mol. The number of hydrogen-bond donors (Lipinski definition) is 2. The minimum atomic E-state index is 0. The molecule has 1 aromatic carbocycles. The molecule has 0 aliphatic heterocycles. The molecule has 2 N–H and O–H groups in total. The molecular weight excluding hydrogens is 431 g/mol. The van der Waals surface area contributed by atoms with Gasteiger partial charge in [-0.25, -0.2) is 4.99 Å². The van der Waals surface area contributed by atoms with Crippen molar-refractivity contribution >= 4 is 29.9 Å². The average molecular weight is 464 g/mol. The molecule has 0 saturated heterocycles. The molecule has 0 atom stereocenters. The fourth-order valence-electron chi connectivity index (χ4n) is 2.05. The van der Waals surface area contributed by atoms with Gasteiger partial charge in [-0.05, 0) is 45.1 Å². The Balaban J connectivity index is 0.00000576. The topological polar surface area (TPSA) is 58.1 Å². The van der Waals surface area contributed by atoms with Crippen molar-refractivity contribution in [1.82, 2.24) is 15.5 Å². The van der Waals surface area contributed by atoms with Crippen LogP contribution in [0.2, 0.25) is 0 Å². The van der Waals surface area contributed by atoms with Gasteiger partial charge in [0.25, 0.3) is 0 Å². The molecule has 7 heteroatoms. The summed E-state index contributed by atoms with van der Waals surface area (Å²) in [5, 5.41) is 6.45. The van der Waals surface area contributed by atoms with Crippen LogP contribution in [0.15, 0.2) is 29.3 Å². The summed E-state index contributed by atoms with van der Waals surface area (Å²) >= 11 is 0. The number of ether oxygens (including phenoxy) is 2. The van der Waals surface area contributed by atoms with E-state index in [1.54, 1.807) is 7.11 Å². The molecule has 0 amide bonds. The molecule has 0 aliphatic rings. The van der Waals surface area contributed by atoms with Gasteiger partial charge in [0.2, 0.25) is 0 Å². The number of guanidine groups is 1. The van der Waals surface area contributed by atoms with Crippen molar-refractivity contribution in [3.05, 3.63) is 29.8 Å². The van der Waals surface area contributed by atoms with Gasteiger partial charge in [0.1, 0.15) is 5.75 Å².